The molecule has 2 spiro atoms. The summed E-state index contributed by atoms with van der Waals surface area (Å²) in [5, 5.41) is 25.2. The number of hydrogen-bond acceptors (Lipinski definition) is 6. The van der Waals surface area contributed by atoms with Crippen molar-refractivity contribution in [3.8, 4) is 0 Å². The van der Waals surface area contributed by atoms with Crippen LogP contribution in [0.1, 0.15) is 57.4 Å². The molecule has 6 nitrogen and oxygen atoms in total. The first-order valence-corrected chi connectivity index (χ1v) is 15.1. The van der Waals surface area contributed by atoms with Gasteiger partial charge in [0.1, 0.15) is 6.10 Å². The third-order valence-electron chi connectivity index (χ3n) is 12.8. The fraction of sp³-hybridized carbons (Fsp3) is 0.606. The molecule has 0 amide bonds. The maximum Gasteiger partial charge on any atom is 0.105 e. The summed E-state index contributed by atoms with van der Waals surface area (Å²) in [5.41, 5.74) is 9.45. The van der Waals surface area contributed by atoms with Crippen LogP contribution in [-0.4, -0.2) is 68.7 Å². The van der Waals surface area contributed by atoms with Crippen LogP contribution < -0.4 is 5.73 Å². The van der Waals surface area contributed by atoms with E-state index < -0.39 is 17.8 Å². The van der Waals surface area contributed by atoms with E-state index in [0.717, 1.165) is 50.8 Å². The molecule has 2 saturated heterocycles. The standard InChI is InChI=1S/C33H39N3O3/c1-30-7-4-22-13-25-28(37)29(38)26(36-11-6-24(34)18-36)16-31(25)8-9-33(22,39-31)27(30)14-23-15-32(23,30)21-3-2-19-5-10-35-17-20(19)12-21/h2-5,10,12-13,17,23-24,26-29,37-38H,6-9,11,14-16,18,34H2,1H3/t23-,24+,26-,27+,28-,29-,30-,31+,32-,33?/m0/s1. The number of pyridine rings is 1. The monoisotopic (exact) mass is 525 g/mol. The molecule has 10 atom stereocenters. The third-order valence-corrected chi connectivity index (χ3v) is 12.8. The Kier molecular flexibility index (Phi) is 4.48. The van der Waals surface area contributed by atoms with Crippen molar-refractivity contribution in [2.45, 2.75) is 92.8 Å². The molecular formula is C33H39N3O3. The molecule has 39 heavy (non-hydrogen) atoms. The van der Waals surface area contributed by atoms with Crippen LogP contribution in [0.2, 0.25) is 0 Å². The van der Waals surface area contributed by atoms with Gasteiger partial charge in [-0.1, -0.05) is 31.2 Å². The summed E-state index contributed by atoms with van der Waals surface area (Å²) in [6, 6.07) is 9.21. The maximum absolute atomic E-state index is 11.4. The number of rotatable bonds is 2. The zero-order valence-electron chi connectivity index (χ0n) is 22.7. The number of hydrogen-bond donors (Lipinski definition) is 3. The van der Waals surface area contributed by atoms with E-state index in [4.69, 9.17) is 10.5 Å². The highest BCUT2D eigenvalue weighted by atomic mass is 16.5. The number of aliphatic hydroxyl groups excluding tert-OH is 2. The van der Waals surface area contributed by atoms with E-state index in [1.807, 2.05) is 12.4 Å². The molecule has 2 bridgehead atoms. The molecular weight excluding hydrogens is 486 g/mol. The largest absolute Gasteiger partial charge is 0.388 e. The van der Waals surface area contributed by atoms with E-state index in [9.17, 15) is 10.2 Å². The highest BCUT2D eigenvalue weighted by Gasteiger charge is 2.78. The molecule has 5 fully saturated rings. The number of fused-ring (bicyclic) bond motifs is 4. The molecule has 1 unspecified atom stereocenters. The summed E-state index contributed by atoms with van der Waals surface area (Å²) in [4.78, 5) is 6.71. The van der Waals surface area contributed by atoms with Crippen LogP contribution in [0.3, 0.4) is 0 Å². The van der Waals surface area contributed by atoms with Crippen LogP contribution in [0.25, 0.3) is 10.8 Å². The number of ether oxygens (including phenoxy) is 1. The molecule has 1 aromatic carbocycles. The third kappa shape index (κ3) is 2.73. The quantitative estimate of drug-likeness (QED) is 0.555. The average Bonchev–Trinajstić information content (AvgIpc) is 3.24. The van der Waals surface area contributed by atoms with Crippen molar-refractivity contribution < 1.29 is 14.9 Å². The summed E-state index contributed by atoms with van der Waals surface area (Å²) in [5.74, 6) is 1.14. The van der Waals surface area contributed by atoms with Crippen molar-refractivity contribution in [2.75, 3.05) is 13.1 Å². The lowest BCUT2D eigenvalue weighted by atomic mass is 9.55. The molecule has 1 aromatic heterocycles. The van der Waals surface area contributed by atoms with E-state index >= 15 is 0 Å². The van der Waals surface area contributed by atoms with Gasteiger partial charge >= 0.3 is 0 Å². The van der Waals surface area contributed by atoms with Crippen molar-refractivity contribution >= 4 is 10.8 Å². The smallest absolute Gasteiger partial charge is 0.105 e. The highest BCUT2D eigenvalue weighted by molar-refractivity contribution is 5.82. The summed E-state index contributed by atoms with van der Waals surface area (Å²) < 4.78 is 7.44. The van der Waals surface area contributed by atoms with Crippen LogP contribution >= 0.6 is 0 Å². The lowest BCUT2D eigenvalue weighted by Gasteiger charge is -2.57. The van der Waals surface area contributed by atoms with Crippen molar-refractivity contribution in [1.82, 2.24) is 9.88 Å². The van der Waals surface area contributed by atoms with Gasteiger partial charge < -0.3 is 20.7 Å². The van der Waals surface area contributed by atoms with Crippen LogP contribution in [0.15, 0.2) is 60.0 Å². The highest BCUT2D eigenvalue weighted by Crippen LogP contribution is 2.80. The Morgan fingerprint density at radius 3 is 2.87 bits per heavy atom. The normalized spacial score (nSPS) is 49.6. The Hall–Kier alpha value is -2.09. The van der Waals surface area contributed by atoms with Crippen LogP contribution in [0.4, 0.5) is 0 Å². The van der Waals surface area contributed by atoms with Gasteiger partial charge in [0, 0.05) is 48.4 Å². The molecule has 3 saturated carbocycles. The second-order valence-electron chi connectivity index (χ2n) is 14.2. The topological polar surface area (TPSA) is 91.8 Å². The van der Waals surface area contributed by atoms with Gasteiger partial charge in [0.2, 0.25) is 0 Å². The van der Waals surface area contributed by atoms with Crippen LogP contribution in [-0.2, 0) is 10.2 Å². The minimum absolute atomic E-state index is 0.115. The first kappa shape index (κ1) is 23.6. The van der Waals surface area contributed by atoms with E-state index in [1.54, 1.807) is 0 Å². The molecule has 9 rings (SSSR count). The Labute approximate surface area is 229 Å². The molecule has 4 heterocycles. The summed E-state index contributed by atoms with van der Waals surface area (Å²) in [7, 11) is 0. The molecule has 4 aliphatic carbocycles. The lowest BCUT2D eigenvalue weighted by Crippen LogP contribution is -2.63. The van der Waals surface area contributed by atoms with Gasteiger partial charge in [-0.05, 0) is 96.4 Å². The molecule has 0 radical (unpaired) electrons. The SMILES string of the molecule is C[C@]12CC=C3C=C4[C@H](O)[C@@H](O)[C@@H](N5CC[C@@H](N)C5)C[C@]45CCC3(O5)[C@@H]1C[C@H]1C[C@]12c1ccc2ccncc2c1. The number of allylic oxidation sites excluding steroid dienone is 1. The molecule has 6 heteroatoms. The number of aliphatic hydroxyl groups is 2. The first-order valence-electron chi connectivity index (χ1n) is 15.1. The molecule has 2 aromatic rings. The zero-order valence-corrected chi connectivity index (χ0v) is 22.7. The average molecular weight is 526 g/mol. The van der Waals surface area contributed by atoms with Gasteiger partial charge in [-0.25, -0.2) is 0 Å². The lowest BCUT2D eigenvalue weighted by molar-refractivity contribution is -0.170. The summed E-state index contributed by atoms with van der Waals surface area (Å²) >= 11 is 0. The minimum Gasteiger partial charge on any atom is -0.388 e. The first-order chi connectivity index (χ1) is 18.8. The van der Waals surface area contributed by atoms with Gasteiger partial charge in [0.15, 0.2) is 0 Å². The van der Waals surface area contributed by atoms with Crippen molar-refractivity contribution in [3.63, 3.8) is 0 Å². The zero-order chi connectivity index (χ0) is 26.4. The van der Waals surface area contributed by atoms with Gasteiger partial charge in [-0.2, -0.15) is 0 Å². The predicted octanol–water partition coefficient (Wildman–Crippen LogP) is 3.60. The predicted molar refractivity (Wildman–Crippen MR) is 149 cm³/mol. The number of likely N-dealkylation sites (tertiary alicyclic amines) is 1. The van der Waals surface area contributed by atoms with Crippen LogP contribution in [0, 0.1) is 17.3 Å². The molecule has 204 valence electrons. The van der Waals surface area contributed by atoms with Gasteiger partial charge in [-0.15, -0.1) is 0 Å². The number of nitrogens with zero attached hydrogens (tertiary/aromatic N) is 2. The van der Waals surface area contributed by atoms with E-state index in [-0.39, 0.29) is 28.5 Å². The van der Waals surface area contributed by atoms with E-state index in [1.165, 1.54) is 34.8 Å². The van der Waals surface area contributed by atoms with Gasteiger partial charge in [-0.3, -0.25) is 9.88 Å². The van der Waals surface area contributed by atoms with E-state index in [0.29, 0.717) is 11.8 Å². The molecule has 4 N–H and O–H groups in total. The summed E-state index contributed by atoms with van der Waals surface area (Å²) in [6.07, 6.45) is 14.0. The Morgan fingerprint density at radius 1 is 1.13 bits per heavy atom. The second-order valence-corrected chi connectivity index (χ2v) is 14.2. The van der Waals surface area contributed by atoms with Crippen molar-refractivity contribution in [1.29, 1.82) is 0 Å². The van der Waals surface area contributed by atoms with Gasteiger partial charge in [0.25, 0.3) is 0 Å². The fourth-order valence-corrected chi connectivity index (χ4v) is 10.8. The maximum atomic E-state index is 11.4. The minimum atomic E-state index is -0.889. The van der Waals surface area contributed by atoms with Crippen molar-refractivity contribution in [3.05, 3.63) is 65.5 Å². The van der Waals surface area contributed by atoms with Gasteiger partial charge in [0.05, 0.1) is 17.3 Å². The second kappa shape index (κ2) is 7.40. The number of benzene rings is 1. The van der Waals surface area contributed by atoms with Crippen LogP contribution in [0.5, 0.6) is 0 Å². The Bertz CT molecular complexity index is 1470. The summed E-state index contributed by atoms with van der Waals surface area (Å²) in [6.45, 7) is 4.21. The Morgan fingerprint density at radius 2 is 2.03 bits per heavy atom. The number of nitrogens with two attached hydrogens (primary N) is 1. The molecule has 7 aliphatic rings. The van der Waals surface area contributed by atoms with E-state index in [2.05, 4.69) is 53.2 Å². The molecule has 3 aliphatic heterocycles. The fourth-order valence-electron chi connectivity index (χ4n) is 10.8. The number of aromatic nitrogens is 1. The Balaban J connectivity index is 1.11. The van der Waals surface area contributed by atoms with Crippen molar-refractivity contribution in [2.24, 2.45) is 23.0 Å².